The van der Waals surface area contributed by atoms with E-state index in [9.17, 15) is 4.79 Å². The molecule has 0 aliphatic carbocycles. The van der Waals surface area contributed by atoms with Crippen LogP contribution in [0.5, 0.6) is 0 Å². The quantitative estimate of drug-likeness (QED) is 0.426. The van der Waals surface area contributed by atoms with Crippen LogP contribution in [0.4, 0.5) is 0 Å². The molecular weight excluding hydrogens is 208 g/mol. The minimum Gasteiger partial charge on any atom is -0.289 e. The third-order valence-corrected chi connectivity index (χ3v) is 2.57. The molecule has 0 unspecified atom stereocenters. The van der Waals surface area contributed by atoms with E-state index in [1.807, 2.05) is 51.1 Å². The Labute approximate surface area is 103 Å². The Morgan fingerprint density at radius 3 is 2.41 bits per heavy atom. The second-order valence-electron chi connectivity index (χ2n) is 4.15. The van der Waals surface area contributed by atoms with Crippen molar-refractivity contribution >= 4 is 5.78 Å². The Morgan fingerprint density at radius 1 is 1.24 bits per heavy atom. The van der Waals surface area contributed by atoms with Crippen LogP contribution in [0.3, 0.4) is 0 Å². The summed E-state index contributed by atoms with van der Waals surface area (Å²) in [6.45, 7) is 9.46. The number of hydrogen-bond donors (Lipinski definition) is 0. The molecule has 1 aromatic rings. The standard InChI is InChI=1S/C16H18O/c1-5-6-10-14(12(2)3)16(17)15-11-8-7-9-13(15)4/h5-11H,1H2,2-4H3/b10-6-. The molecule has 0 aromatic heterocycles. The highest BCUT2D eigenvalue weighted by atomic mass is 16.1. The molecule has 0 aliphatic rings. The smallest absolute Gasteiger partial charge is 0.193 e. The monoisotopic (exact) mass is 226 g/mol. The van der Waals surface area contributed by atoms with E-state index >= 15 is 0 Å². The topological polar surface area (TPSA) is 17.1 Å². The number of benzene rings is 1. The van der Waals surface area contributed by atoms with Gasteiger partial charge in [-0.2, -0.15) is 0 Å². The molecule has 1 aromatic carbocycles. The van der Waals surface area contributed by atoms with Crippen LogP contribution in [0.2, 0.25) is 0 Å². The van der Waals surface area contributed by atoms with Crippen LogP contribution in [-0.4, -0.2) is 5.78 Å². The molecule has 0 aliphatic heterocycles. The maximum Gasteiger partial charge on any atom is 0.193 e. The van der Waals surface area contributed by atoms with Gasteiger partial charge < -0.3 is 0 Å². The predicted molar refractivity (Wildman–Crippen MR) is 73.2 cm³/mol. The van der Waals surface area contributed by atoms with Crippen molar-refractivity contribution in [1.29, 1.82) is 0 Å². The molecule has 1 heteroatoms. The van der Waals surface area contributed by atoms with Gasteiger partial charge >= 0.3 is 0 Å². The molecule has 0 N–H and O–H groups in total. The third kappa shape index (κ3) is 3.28. The first-order chi connectivity index (χ1) is 8.07. The van der Waals surface area contributed by atoms with Crippen molar-refractivity contribution in [2.24, 2.45) is 0 Å². The SMILES string of the molecule is C=C/C=C\C(C(=O)c1ccccc1C)=C(C)C. The van der Waals surface area contributed by atoms with Crippen LogP contribution in [0.15, 0.2) is 60.2 Å². The Kier molecular flexibility index (Phi) is 4.65. The van der Waals surface area contributed by atoms with Gasteiger partial charge in [0.2, 0.25) is 0 Å². The van der Waals surface area contributed by atoms with E-state index in [-0.39, 0.29) is 5.78 Å². The molecule has 0 saturated carbocycles. The molecule has 17 heavy (non-hydrogen) atoms. The maximum absolute atomic E-state index is 12.4. The molecule has 0 radical (unpaired) electrons. The molecule has 0 saturated heterocycles. The second kappa shape index (κ2) is 6.00. The average Bonchev–Trinajstić information content (AvgIpc) is 2.29. The van der Waals surface area contributed by atoms with E-state index in [0.29, 0.717) is 0 Å². The van der Waals surface area contributed by atoms with Crippen molar-refractivity contribution in [3.63, 3.8) is 0 Å². The van der Waals surface area contributed by atoms with E-state index in [4.69, 9.17) is 0 Å². The Bertz CT molecular complexity index is 486. The van der Waals surface area contributed by atoms with Gasteiger partial charge in [-0.25, -0.2) is 0 Å². The molecule has 1 rings (SSSR count). The number of ketones is 1. The van der Waals surface area contributed by atoms with Crippen LogP contribution in [0, 0.1) is 6.92 Å². The number of carbonyl (C=O) groups excluding carboxylic acids is 1. The van der Waals surface area contributed by atoms with Gasteiger partial charge in [-0.15, -0.1) is 0 Å². The van der Waals surface area contributed by atoms with Crippen LogP contribution in [0.25, 0.3) is 0 Å². The first-order valence-electron chi connectivity index (χ1n) is 5.65. The average molecular weight is 226 g/mol. The summed E-state index contributed by atoms with van der Waals surface area (Å²) in [7, 11) is 0. The zero-order valence-corrected chi connectivity index (χ0v) is 10.7. The van der Waals surface area contributed by atoms with Gasteiger partial charge in [-0.3, -0.25) is 4.79 Å². The molecule has 0 spiro atoms. The van der Waals surface area contributed by atoms with E-state index in [0.717, 1.165) is 22.3 Å². The Morgan fingerprint density at radius 2 is 1.88 bits per heavy atom. The zero-order valence-electron chi connectivity index (χ0n) is 10.7. The lowest BCUT2D eigenvalue weighted by Crippen LogP contribution is -2.05. The minimum absolute atomic E-state index is 0.0706. The lowest BCUT2D eigenvalue weighted by Gasteiger charge is -2.07. The van der Waals surface area contributed by atoms with Crippen molar-refractivity contribution in [3.8, 4) is 0 Å². The Balaban J connectivity index is 3.19. The van der Waals surface area contributed by atoms with Crippen LogP contribution >= 0.6 is 0 Å². The van der Waals surface area contributed by atoms with Crippen molar-refractivity contribution in [2.75, 3.05) is 0 Å². The summed E-state index contributed by atoms with van der Waals surface area (Å²) in [5.74, 6) is 0.0706. The number of hydrogen-bond acceptors (Lipinski definition) is 1. The summed E-state index contributed by atoms with van der Waals surface area (Å²) < 4.78 is 0. The molecular formula is C16H18O. The minimum atomic E-state index is 0.0706. The maximum atomic E-state index is 12.4. The highest BCUT2D eigenvalue weighted by Gasteiger charge is 2.12. The molecule has 0 atom stereocenters. The third-order valence-electron chi connectivity index (χ3n) is 2.57. The fourth-order valence-corrected chi connectivity index (χ4v) is 1.61. The number of rotatable bonds is 4. The van der Waals surface area contributed by atoms with E-state index in [1.54, 1.807) is 12.2 Å². The summed E-state index contributed by atoms with van der Waals surface area (Å²) in [5, 5.41) is 0. The fourth-order valence-electron chi connectivity index (χ4n) is 1.61. The summed E-state index contributed by atoms with van der Waals surface area (Å²) in [6.07, 6.45) is 5.28. The number of Topliss-reactive ketones (excluding diaryl/α,β-unsaturated/α-hetero) is 1. The van der Waals surface area contributed by atoms with Gasteiger partial charge in [0.05, 0.1) is 0 Å². The van der Waals surface area contributed by atoms with Crippen molar-refractivity contribution in [2.45, 2.75) is 20.8 Å². The van der Waals surface area contributed by atoms with Crippen LogP contribution < -0.4 is 0 Å². The highest BCUT2D eigenvalue weighted by Crippen LogP contribution is 2.16. The molecule has 0 bridgehead atoms. The zero-order chi connectivity index (χ0) is 12.8. The van der Waals surface area contributed by atoms with Crippen LogP contribution in [0.1, 0.15) is 29.8 Å². The van der Waals surface area contributed by atoms with E-state index in [1.165, 1.54) is 0 Å². The molecule has 0 fully saturated rings. The lowest BCUT2D eigenvalue weighted by atomic mass is 9.96. The fraction of sp³-hybridized carbons (Fsp3) is 0.188. The van der Waals surface area contributed by atoms with Crippen molar-refractivity contribution in [3.05, 3.63) is 71.3 Å². The van der Waals surface area contributed by atoms with Gasteiger partial charge in [-0.05, 0) is 26.3 Å². The van der Waals surface area contributed by atoms with Gasteiger partial charge in [0.15, 0.2) is 5.78 Å². The normalized spacial score (nSPS) is 10.3. The largest absolute Gasteiger partial charge is 0.289 e. The summed E-state index contributed by atoms with van der Waals surface area (Å²) in [6, 6.07) is 7.64. The van der Waals surface area contributed by atoms with Crippen molar-refractivity contribution in [1.82, 2.24) is 0 Å². The predicted octanol–water partition coefficient (Wildman–Crippen LogP) is 4.26. The van der Waals surface area contributed by atoms with E-state index < -0.39 is 0 Å². The number of aryl methyl sites for hydroxylation is 1. The first kappa shape index (κ1) is 13.2. The number of carbonyl (C=O) groups is 1. The summed E-state index contributed by atoms with van der Waals surface area (Å²) >= 11 is 0. The van der Waals surface area contributed by atoms with Gasteiger partial charge in [0.1, 0.15) is 0 Å². The number of allylic oxidation sites excluding steroid dienone is 5. The molecule has 0 amide bonds. The van der Waals surface area contributed by atoms with Gasteiger partial charge in [0.25, 0.3) is 0 Å². The summed E-state index contributed by atoms with van der Waals surface area (Å²) in [4.78, 5) is 12.4. The van der Waals surface area contributed by atoms with Gasteiger partial charge in [0, 0.05) is 11.1 Å². The second-order valence-corrected chi connectivity index (χ2v) is 4.15. The lowest BCUT2D eigenvalue weighted by molar-refractivity contribution is 0.103. The Hall–Kier alpha value is -1.89. The van der Waals surface area contributed by atoms with Crippen LogP contribution in [-0.2, 0) is 0 Å². The van der Waals surface area contributed by atoms with Crippen molar-refractivity contribution < 1.29 is 4.79 Å². The first-order valence-corrected chi connectivity index (χ1v) is 5.65. The molecule has 0 heterocycles. The molecule has 88 valence electrons. The highest BCUT2D eigenvalue weighted by molar-refractivity contribution is 6.11. The van der Waals surface area contributed by atoms with Gasteiger partial charge in [-0.1, -0.05) is 54.6 Å². The van der Waals surface area contributed by atoms with E-state index in [2.05, 4.69) is 6.58 Å². The molecule has 1 nitrogen and oxygen atoms in total. The summed E-state index contributed by atoms with van der Waals surface area (Å²) in [5.41, 5.74) is 3.51.